The lowest BCUT2D eigenvalue weighted by molar-refractivity contribution is 0.0965. The van der Waals surface area contributed by atoms with Crippen LogP contribution in [0.2, 0.25) is 0 Å². The lowest BCUT2D eigenvalue weighted by Crippen LogP contribution is -2.22. The van der Waals surface area contributed by atoms with Crippen LogP contribution in [0, 0.1) is 11.8 Å². The number of carbonyl (C=O) groups excluding carboxylic acids is 1. The summed E-state index contributed by atoms with van der Waals surface area (Å²) in [6, 6.07) is 9.82. The Balaban J connectivity index is 1.84. The maximum absolute atomic E-state index is 13.2. The van der Waals surface area contributed by atoms with Crippen LogP contribution in [0.4, 0.5) is 0 Å². The second-order valence-electron chi connectivity index (χ2n) is 9.45. The van der Waals surface area contributed by atoms with E-state index in [2.05, 4.69) is 13.8 Å². The molecule has 1 heterocycles. The molecule has 4 nitrogen and oxygen atoms in total. The monoisotopic (exact) mass is 408 g/mol. The Labute approximate surface area is 178 Å². The molecule has 2 atom stereocenters. The average molecular weight is 409 g/mol. The molecule has 0 bridgehead atoms. The van der Waals surface area contributed by atoms with Crippen molar-refractivity contribution in [2.24, 2.45) is 11.8 Å². The van der Waals surface area contributed by atoms with Gasteiger partial charge < -0.3 is 9.52 Å². The van der Waals surface area contributed by atoms with E-state index in [1.165, 1.54) is 0 Å². The number of benzene rings is 1. The van der Waals surface area contributed by atoms with E-state index >= 15 is 0 Å². The van der Waals surface area contributed by atoms with E-state index in [4.69, 9.17) is 4.42 Å². The van der Waals surface area contributed by atoms with Gasteiger partial charge in [0.1, 0.15) is 11.5 Å². The van der Waals surface area contributed by atoms with Crippen molar-refractivity contribution >= 4 is 5.78 Å². The highest BCUT2D eigenvalue weighted by molar-refractivity contribution is 6.00. The van der Waals surface area contributed by atoms with Gasteiger partial charge >= 0.3 is 5.63 Å². The highest BCUT2D eigenvalue weighted by atomic mass is 16.4. The van der Waals surface area contributed by atoms with Crippen molar-refractivity contribution in [1.29, 1.82) is 0 Å². The molecular weight excluding hydrogens is 376 g/mol. The summed E-state index contributed by atoms with van der Waals surface area (Å²) in [5, 5.41) is 11.3. The highest BCUT2D eigenvalue weighted by Crippen LogP contribution is 2.49. The van der Waals surface area contributed by atoms with Gasteiger partial charge in [-0.25, -0.2) is 4.79 Å². The second-order valence-corrected chi connectivity index (χ2v) is 9.45. The van der Waals surface area contributed by atoms with Crippen LogP contribution >= 0.6 is 0 Å². The maximum Gasteiger partial charge on any atom is 0.343 e. The summed E-state index contributed by atoms with van der Waals surface area (Å²) < 4.78 is 5.91. The summed E-state index contributed by atoms with van der Waals surface area (Å²) >= 11 is 0. The first-order chi connectivity index (χ1) is 14.5. The topological polar surface area (TPSA) is 67.5 Å². The van der Waals surface area contributed by atoms with Gasteiger partial charge in [0.15, 0.2) is 5.78 Å². The molecule has 2 aromatic rings. The minimum atomic E-state index is -0.477. The molecule has 0 saturated heterocycles. The third-order valence-electron chi connectivity index (χ3n) is 6.67. The third kappa shape index (κ3) is 4.23. The van der Waals surface area contributed by atoms with E-state index in [0.29, 0.717) is 24.0 Å². The standard InChI is InChI=1S/C26H32O4/c1-16(2)12-13-19-10-6-7-11-20(27)22-24(28)23(26(29)30-25(19)22)21(18-14-15-18)17-8-4-3-5-9-17/h3-5,8-9,16,18-19,21,28H,6-7,10-15H2,1-2H3. The number of Topliss-reactive ketones (excluding diaryl/α,β-unsaturated/α-hetero) is 1. The SMILES string of the molecule is CC(C)CCC1CCCCC(=O)c2c1oc(=O)c(C(c1ccccc1)C1CC1)c2O. The van der Waals surface area contributed by atoms with Crippen molar-refractivity contribution in [2.75, 3.05) is 0 Å². The smallest absolute Gasteiger partial charge is 0.343 e. The number of ketones is 1. The minimum absolute atomic E-state index is 0.00963. The summed E-state index contributed by atoms with van der Waals surface area (Å²) in [4.78, 5) is 26.3. The number of rotatable bonds is 6. The van der Waals surface area contributed by atoms with Crippen molar-refractivity contribution in [3.63, 3.8) is 0 Å². The van der Waals surface area contributed by atoms with E-state index in [9.17, 15) is 14.7 Å². The first-order valence-corrected chi connectivity index (χ1v) is 11.4. The van der Waals surface area contributed by atoms with E-state index in [0.717, 1.165) is 50.5 Å². The molecule has 1 aromatic carbocycles. The molecule has 0 amide bonds. The fraction of sp³-hybridized carbons (Fsp3) is 0.538. The Kier molecular flexibility index (Phi) is 6.12. The molecular formula is C26H32O4. The molecule has 0 radical (unpaired) electrons. The fourth-order valence-corrected chi connectivity index (χ4v) is 4.89. The predicted octanol–water partition coefficient (Wildman–Crippen LogP) is 6.16. The summed E-state index contributed by atoms with van der Waals surface area (Å²) in [6.07, 6.45) is 6.93. The van der Waals surface area contributed by atoms with Crippen molar-refractivity contribution < 1.29 is 14.3 Å². The van der Waals surface area contributed by atoms with E-state index in [1.54, 1.807) is 0 Å². The summed E-state index contributed by atoms with van der Waals surface area (Å²) in [6.45, 7) is 4.34. The van der Waals surface area contributed by atoms with Crippen LogP contribution < -0.4 is 5.63 Å². The second kappa shape index (κ2) is 8.79. The average Bonchev–Trinajstić information content (AvgIpc) is 3.54. The van der Waals surface area contributed by atoms with Crippen molar-refractivity contribution in [3.05, 3.63) is 63.2 Å². The van der Waals surface area contributed by atoms with E-state index in [-0.39, 0.29) is 34.5 Å². The highest BCUT2D eigenvalue weighted by Gasteiger charge is 2.40. The normalized spacial score (nSPS) is 20.5. The minimum Gasteiger partial charge on any atom is -0.506 e. The van der Waals surface area contributed by atoms with Crippen molar-refractivity contribution in [3.8, 4) is 5.75 Å². The van der Waals surface area contributed by atoms with Crippen molar-refractivity contribution in [2.45, 2.75) is 77.0 Å². The quantitative estimate of drug-likeness (QED) is 0.621. The molecule has 30 heavy (non-hydrogen) atoms. The molecule has 4 rings (SSSR count). The van der Waals surface area contributed by atoms with Crippen LogP contribution in [0.15, 0.2) is 39.5 Å². The van der Waals surface area contributed by atoms with Gasteiger partial charge in [-0.1, -0.05) is 57.0 Å². The van der Waals surface area contributed by atoms with E-state index < -0.39 is 5.63 Å². The molecule has 1 aromatic heterocycles. The van der Waals surface area contributed by atoms with Gasteiger partial charge in [0.25, 0.3) is 0 Å². The van der Waals surface area contributed by atoms with Gasteiger partial charge in [-0.3, -0.25) is 4.79 Å². The van der Waals surface area contributed by atoms with Gasteiger partial charge in [-0.15, -0.1) is 0 Å². The van der Waals surface area contributed by atoms with Gasteiger partial charge in [0, 0.05) is 18.3 Å². The van der Waals surface area contributed by atoms with Gasteiger partial charge in [0.05, 0.1) is 11.1 Å². The molecule has 2 aliphatic rings. The molecule has 0 spiro atoms. The van der Waals surface area contributed by atoms with Gasteiger partial charge in [-0.05, 0) is 49.5 Å². The molecule has 160 valence electrons. The maximum atomic E-state index is 13.2. The summed E-state index contributed by atoms with van der Waals surface area (Å²) in [5.74, 6) is 0.837. The first-order valence-electron chi connectivity index (χ1n) is 11.4. The van der Waals surface area contributed by atoms with Crippen LogP contribution in [0.5, 0.6) is 5.75 Å². The molecule has 4 heteroatoms. The van der Waals surface area contributed by atoms with Crippen LogP contribution in [0.1, 0.15) is 104 Å². The Morgan fingerprint density at radius 2 is 1.80 bits per heavy atom. The molecule has 0 aliphatic heterocycles. The van der Waals surface area contributed by atoms with Crippen LogP contribution in [0.25, 0.3) is 0 Å². The number of fused-ring (bicyclic) bond motifs is 1. The Morgan fingerprint density at radius 1 is 1.07 bits per heavy atom. The number of hydrogen-bond acceptors (Lipinski definition) is 4. The summed E-state index contributed by atoms with van der Waals surface area (Å²) in [5.41, 5.74) is 1.07. The van der Waals surface area contributed by atoms with Crippen LogP contribution in [-0.4, -0.2) is 10.9 Å². The zero-order valence-corrected chi connectivity index (χ0v) is 18.0. The summed E-state index contributed by atoms with van der Waals surface area (Å²) in [7, 11) is 0. The Morgan fingerprint density at radius 3 is 2.47 bits per heavy atom. The van der Waals surface area contributed by atoms with Crippen molar-refractivity contribution in [1.82, 2.24) is 0 Å². The Bertz CT molecular complexity index is 953. The number of carbonyl (C=O) groups is 1. The number of hydrogen-bond donors (Lipinski definition) is 1. The molecule has 1 saturated carbocycles. The van der Waals surface area contributed by atoms with Gasteiger partial charge in [0.2, 0.25) is 0 Å². The van der Waals surface area contributed by atoms with Crippen LogP contribution in [0.3, 0.4) is 0 Å². The molecule has 2 aliphatic carbocycles. The molecule has 2 unspecified atom stereocenters. The lowest BCUT2D eigenvalue weighted by Gasteiger charge is -2.25. The third-order valence-corrected chi connectivity index (χ3v) is 6.67. The zero-order valence-electron chi connectivity index (χ0n) is 18.0. The van der Waals surface area contributed by atoms with Crippen LogP contribution in [-0.2, 0) is 0 Å². The van der Waals surface area contributed by atoms with Gasteiger partial charge in [-0.2, -0.15) is 0 Å². The lowest BCUT2D eigenvalue weighted by atomic mass is 9.82. The zero-order chi connectivity index (χ0) is 21.3. The largest absolute Gasteiger partial charge is 0.506 e. The van der Waals surface area contributed by atoms with E-state index in [1.807, 2.05) is 30.3 Å². The molecule has 1 fully saturated rings. The number of aromatic hydroxyl groups is 1. The molecule has 1 N–H and O–H groups in total. The first kappa shape index (κ1) is 20.9. The Hall–Kier alpha value is -2.36. The fourth-order valence-electron chi connectivity index (χ4n) is 4.89. The predicted molar refractivity (Wildman–Crippen MR) is 117 cm³/mol.